The number of ether oxygens (including phenoxy) is 1. The molecule has 0 heterocycles. The first kappa shape index (κ1) is 9.59. The molecule has 0 aliphatic carbocycles. The van der Waals surface area contributed by atoms with Gasteiger partial charge in [0.25, 0.3) is 0 Å². The highest BCUT2D eigenvalue weighted by molar-refractivity contribution is 5.66. The third-order valence-electron chi connectivity index (χ3n) is 1.94. The standard InChI is InChI=1S/C12H14O/c1-4-13-11(3)10(2)12-8-6-5-7-9-12/h4-9,11H,1-2H2,3H3. The van der Waals surface area contributed by atoms with Crippen molar-refractivity contribution >= 4 is 5.57 Å². The molecular weight excluding hydrogens is 160 g/mol. The van der Waals surface area contributed by atoms with Crippen molar-refractivity contribution < 1.29 is 4.74 Å². The molecule has 0 aromatic heterocycles. The van der Waals surface area contributed by atoms with Crippen LogP contribution in [0.1, 0.15) is 12.5 Å². The molecule has 0 spiro atoms. The van der Waals surface area contributed by atoms with Crippen LogP contribution < -0.4 is 0 Å². The minimum Gasteiger partial charge on any atom is -0.494 e. The first-order valence-corrected chi connectivity index (χ1v) is 4.26. The van der Waals surface area contributed by atoms with E-state index in [1.165, 1.54) is 6.26 Å². The van der Waals surface area contributed by atoms with Crippen LogP contribution in [0.15, 0.2) is 49.8 Å². The average molecular weight is 174 g/mol. The summed E-state index contributed by atoms with van der Waals surface area (Å²) in [6, 6.07) is 9.99. The zero-order valence-electron chi connectivity index (χ0n) is 7.86. The Balaban J connectivity index is 2.73. The summed E-state index contributed by atoms with van der Waals surface area (Å²) >= 11 is 0. The zero-order chi connectivity index (χ0) is 9.68. The zero-order valence-corrected chi connectivity index (χ0v) is 7.86. The van der Waals surface area contributed by atoms with Crippen molar-refractivity contribution in [3.05, 3.63) is 55.3 Å². The Labute approximate surface area is 79.4 Å². The first-order valence-electron chi connectivity index (χ1n) is 4.26. The Bertz CT molecular complexity index is 287. The fourth-order valence-corrected chi connectivity index (χ4v) is 1.11. The van der Waals surface area contributed by atoms with E-state index in [-0.39, 0.29) is 6.10 Å². The summed E-state index contributed by atoms with van der Waals surface area (Å²) in [7, 11) is 0. The second kappa shape index (κ2) is 4.51. The van der Waals surface area contributed by atoms with Crippen molar-refractivity contribution in [3.8, 4) is 0 Å². The van der Waals surface area contributed by atoms with Crippen LogP contribution in [0.25, 0.3) is 5.57 Å². The molecule has 0 bridgehead atoms. The monoisotopic (exact) mass is 174 g/mol. The lowest BCUT2D eigenvalue weighted by Crippen LogP contribution is -2.05. The molecule has 0 aliphatic rings. The minimum atomic E-state index is -0.0140. The molecule has 0 saturated carbocycles. The molecule has 13 heavy (non-hydrogen) atoms. The Hall–Kier alpha value is -1.50. The lowest BCUT2D eigenvalue weighted by atomic mass is 10.0. The van der Waals surface area contributed by atoms with Gasteiger partial charge in [0.1, 0.15) is 6.10 Å². The molecular formula is C12H14O. The van der Waals surface area contributed by atoms with Gasteiger partial charge in [0, 0.05) is 0 Å². The second-order valence-corrected chi connectivity index (χ2v) is 2.84. The molecule has 1 aromatic carbocycles. The van der Waals surface area contributed by atoms with Gasteiger partial charge >= 0.3 is 0 Å². The fraction of sp³-hybridized carbons (Fsp3) is 0.167. The predicted molar refractivity (Wildman–Crippen MR) is 56.2 cm³/mol. The quantitative estimate of drug-likeness (QED) is 0.637. The van der Waals surface area contributed by atoms with Crippen LogP contribution >= 0.6 is 0 Å². The average Bonchev–Trinajstić information content (AvgIpc) is 2.18. The molecule has 1 atom stereocenters. The van der Waals surface area contributed by atoms with Crippen molar-refractivity contribution in [2.24, 2.45) is 0 Å². The summed E-state index contributed by atoms with van der Waals surface area (Å²) in [5.41, 5.74) is 2.08. The van der Waals surface area contributed by atoms with Gasteiger partial charge in [0.2, 0.25) is 0 Å². The molecule has 0 amide bonds. The Kier molecular flexibility index (Phi) is 3.32. The van der Waals surface area contributed by atoms with Crippen LogP contribution in [0.2, 0.25) is 0 Å². The maximum atomic E-state index is 5.22. The number of benzene rings is 1. The van der Waals surface area contributed by atoms with E-state index in [1.54, 1.807) is 0 Å². The van der Waals surface area contributed by atoms with E-state index in [0.29, 0.717) is 0 Å². The molecule has 0 fully saturated rings. The Morgan fingerprint density at radius 3 is 2.54 bits per heavy atom. The number of rotatable bonds is 4. The van der Waals surface area contributed by atoms with Crippen molar-refractivity contribution in [3.63, 3.8) is 0 Å². The van der Waals surface area contributed by atoms with Gasteiger partial charge in [0.05, 0.1) is 6.26 Å². The topological polar surface area (TPSA) is 9.23 Å². The SMILES string of the molecule is C=COC(C)C(=C)c1ccccc1. The third-order valence-corrected chi connectivity index (χ3v) is 1.94. The molecule has 1 rings (SSSR count). The van der Waals surface area contributed by atoms with E-state index in [4.69, 9.17) is 4.74 Å². The van der Waals surface area contributed by atoms with E-state index < -0.39 is 0 Å². The number of hydrogen-bond donors (Lipinski definition) is 0. The molecule has 68 valence electrons. The van der Waals surface area contributed by atoms with Crippen LogP contribution in [0.4, 0.5) is 0 Å². The van der Waals surface area contributed by atoms with Gasteiger partial charge in [-0.15, -0.1) is 0 Å². The molecule has 0 aliphatic heterocycles. The summed E-state index contributed by atoms with van der Waals surface area (Å²) in [5, 5.41) is 0. The van der Waals surface area contributed by atoms with Crippen molar-refractivity contribution in [2.75, 3.05) is 0 Å². The van der Waals surface area contributed by atoms with Crippen LogP contribution in [0.3, 0.4) is 0 Å². The molecule has 0 N–H and O–H groups in total. The highest BCUT2D eigenvalue weighted by Crippen LogP contribution is 2.17. The molecule has 1 heteroatoms. The van der Waals surface area contributed by atoms with Gasteiger partial charge in [-0.1, -0.05) is 43.5 Å². The Morgan fingerprint density at radius 1 is 1.38 bits per heavy atom. The van der Waals surface area contributed by atoms with E-state index in [9.17, 15) is 0 Å². The summed E-state index contributed by atoms with van der Waals surface area (Å²) in [5.74, 6) is 0. The van der Waals surface area contributed by atoms with Gasteiger partial charge < -0.3 is 4.74 Å². The predicted octanol–water partition coefficient (Wildman–Crippen LogP) is 3.25. The third kappa shape index (κ3) is 2.48. The van der Waals surface area contributed by atoms with Crippen molar-refractivity contribution in [2.45, 2.75) is 13.0 Å². The highest BCUT2D eigenvalue weighted by atomic mass is 16.5. The van der Waals surface area contributed by atoms with Crippen molar-refractivity contribution in [1.82, 2.24) is 0 Å². The maximum Gasteiger partial charge on any atom is 0.120 e. The van der Waals surface area contributed by atoms with Gasteiger partial charge in [-0.25, -0.2) is 0 Å². The summed E-state index contributed by atoms with van der Waals surface area (Å²) in [6.07, 6.45) is 1.43. The molecule has 0 radical (unpaired) electrons. The van der Waals surface area contributed by atoms with Crippen LogP contribution in [0.5, 0.6) is 0 Å². The van der Waals surface area contributed by atoms with Crippen LogP contribution in [-0.2, 0) is 4.74 Å². The highest BCUT2D eigenvalue weighted by Gasteiger charge is 2.06. The summed E-state index contributed by atoms with van der Waals surface area (Å²) in [4.78, 5) is 0. The van der Waals surface area contributed by atoms with Crippen LogP contribution in [0, 0.1) is 0 Å². The first-order chi connectivity index (χ1) is 6.25. The van der Waals surface area contributed by atoms with Crippen LogP contribution in [-0.4, -0.2) is 6.10 Å². The lowest BCUT2D eigenvalue weighted by Gasteiger charge is -2.13. The molecule has 1 nitrogen and oxygen atoms in total. The molecule has 1 aromatic rings. The van der Waals surface area contributed by atoms with E-state index in [2.05, 4.69) is 13.2 Å². The summed E-state index contributed by atoms with van der Waals surface area (Å²) < 4.78 is 5.22. The largest absolute Gasteiger partial charge is 0.494 e. The van der Waals surface area contributed by atoms with Gasteiger partial charge in [-0.3, -0.25) is 0 Å². The smallest absolute Gasteiger partial charge is 0.120 e. The maximum absolute atomic E-state index is 5.22. The van der Waals surface area contributed by atoms with Crippen molar-refractivity contribution in [1.29, 1.82) is 0 Å². The number of hydrogen-bond acceptors (Lipinski definition) is 1. The minimum absolute atomic E-state index is 0.0140. The van der Waals surface area contributed by atoms with Gasteiger partial charge in [-0.05, 0) is 18.1 Å². The molecule has 1 unspecified atom stereocenters. The van der Waals surface area contributed by atoms with Gasteiger partial charge in [-0.2, -0.15) is 0 Å². The lowest BCUT2D eigenvalue weighted by molar-refractivity contribution is 0.213. The second-order valence-electron chi connectivity index (χ2n) is 2.84. The summed E-state index contributed by atoms with van der Waals surface area (Å²) in [6.45, 7) is 9.44. The van der Waals surface area contributed by atoms with E-state index in [0.717, 1.165) is 11.1 Å². The van der Waals surface area contributed by atoms with E-state index in [1.807, 2.05) is 37.3 Å². The van der Waals surface area contributed by atoms with Gasteiger partial charge in [0.15, 0.2) is 0 Å². The Morgan fingerprint density at radius 2 is 2.00 bits per heavy atom. The molecule has 0 saturated heterocycles. The normalized spacial score (nSPS) is 11.8. The fourth-order valence-electron chi connectivity index (χ4n) is 1.11. The van der Waals surface area contributed by atoms with E-state index >= 15 is 0 Å².